The molecule has 1 aliphatic heterocycles. The lowest BCUT2D eigenvalue weighted by molar-refractivity contribution is 0.0731. The van der Waals surface area contributed by atoms with Crippen LogP contribution in [-0.2, 0) is 12.8 Å². The smallest absolute Gasteiger partial charge is 0.256 e. The van der Waals surface area contributed by atoms with Gasteiger partial charge in [-0.15, -0.1) is 0 Å². The third-order valence-corrected chi connectivity index (χ3v) is 6.26. The van der Waals surface area contributed by atoms with Gasteiger partial charge in [-0.05, 0) is 42.9 Å². The second-order valence-electron chi connectivity index (χ2n) is 9.01. The Morgan fingerprint density at radius 3 is 2.48 bits per heavy atom. The largest absolute Gasteiger partial charge is 0.353 e. The molecule has 180 valence electrons. The van der Waals surface area contributed by atoms with Gasteiger partial charge in [-0.25, -0.2) is 4.39 Å². The van der Waals surface area contributed by atoms with E-state index in [-0.39, 0.29) is 16.9 Å². The molecule has 0 spiro atoms. The summed E-state index contributed by atoms with van der Waals surface area (Å²) in [5.41, 5.74) is 5.36. The number of H-pyrrole nitrogens is 2. The van der Waals surface area contributed by atoms with E-state index in [4.69, 9.17) is 0 Å². The summed E-state index contributed by atoms with van der Waals surface area (Å²) in [6.07, 6.45) is 3.07. The van der Waals surface area contributed by atoms with Crippen LogP contribution in [0, 0.1) is 11.2 Å². The maximum Gasteiger partial charge on any atom is 0.256 e. The molecule has 33 heavy (non-hydrogen) atoms. The summed E-state index contributed by atoms with van der Waals surface area (Å²) in [6.45, 7) is 15.2. The van der Waals surface area contributed by atoms with Gasteiger partial charge in [0.2, 0.25) is 0 Å². The van der Waals surface area contributed by atoms with Crippen LogP contribution in [0.4, 0.5) is 4.39 Å². The molecule has 1 fully saturated rings. The van der Waals surface area contributed by atoms with Gasteiger partial charge in [-0.1, -0.05) is 41.5 Å². The van der Waals surface area contributed by atoms with Crippen molar-refractivity contribution in [2.24, 2.45) is 5.41 Å². The number of hydrogen-bond acceptors (Lipinski definition) is 3. The predicted octanol–water partition coefficient (Wildman–Crippen LogP) is 5.31. The molecule has 1 aliphatic carbocycles. The van der Waals surface area contributed by atoms with Crippen molar-refractivity contribution in [2.75, 3.05) is 26.2 Å². The van der Waals surface area contributed by atoms with E-state index in [1.54, 1.807) is 11.0 Å². The van der Waals surface area contributed by atoms with Gasteiger partial charge in [0.25, 0.3) is 5.91 Å². The number of benzene rings is 1. The van der Waals surface area contributed by atoms with Crippen LogP contribution in [0.3, 0.4) is 0 Å². The molecule has 2 aliphatic rings. The standard InChI is InChI=1S/C22H26FN5O.2C2H6/c1-22(2)4-3-14-19(12-22)26-27-20(14)18-10-13-9-16(23)15(11-17(13)25-18)21(29)28-7-5-24-6-8-28;2*1-2/h9-11,24-25H,3-8,12H2,1-2H3,(H,26,27);2*1-2H3. The van der Waals surface area contributed by atoms with Gasteiger partial charge in [0.15, 0.2) is 0 Å². The molecule has 3 aromatic rings. The zero-order valence-electron chi connectivity index (χ0n) is 20.9. The highest BCUT2D eigenvalue weighted by Gasteiger charge is 2.29. The molecule has 0 bridgehead atoms. The predicted molar refractivity (Wildman–Crippen MR) is 133 cm³/mol. The summed E-state index contributed by atoms with van der Waals surface area (Å²) in [5.74, 6) is -0.723. The summed E-state index contributed by atoms with van der Waals surface area (Å²) in [6, 6.07) is 5.02. The number of fused-ring (bicyclic) bond motifs is 2. The lowest BCUT2D eigenvalue weighted by Crippen LogP contribution is -2.46. The Morgan fingerprint density at radius 1 is 1.09 bits per heavy atom. The monoisotopic (exact) mass is 455 g/mol. The molecule has 3 heterocycles. The second-order valence-corrected chi connectivity index (χ2v) is 9.01. The van der Waals surface area contributed by atoms with E-state index in [0.717, 1.165) is 54.6 Å². The first-order valence-electron chi connectivity index (χ1n) is 12.3. The number of hydrogen-bond donors (Lipinski definition) is 3. The fourth-order valence-corrected chi connectivity index (χ4v) is 4.55. The van der Waals surface area contributed by atoms with E-state index >= 15 is 0 Å². The quantitative estimate of drug-likeness (QED) is 0.490. The number of aromatic nitrogens is 3. The molecule has 0 atom stereocenters. The lowest BCUT2D eigenvalue weighted by Gasteiger charge is -2.28. The highest BCUT2D eigenvalue weighted by molar-refractivity contribution is 5.99. The molecule has 3 N–H and O–H groups in total. The van der Waals surface area contributed by atoms with Crippen molar-refractivity contribution >= 4 is 16.8 Å². The Balaban J connectivity index is 0.000000728. The van der Waals surface area contributed by atoms with Crippen LogP contribution in [0.1, 0.15) is 69.6 Å². The van der Waals surface area contributed by atoms with E-state index in [0.29, 0.717) is 13.1 Å². The molecule has 5 rings (SSSR count). The summed E-state index contributed by atoms with van der Waals surface area (Å²) >= 11 is 0. The number of rotatable bonds is 2. The van der Waals surface area contributed by atoms with Crippen molar-refractivity contribution in [1.29, 1.82) is 0 Å². The normalized spacial score (nSPS) is 16.9. The van der Waals surface area contributed by atoms with Gasteiger partial charge in [0, 0.05) is 48.3 Å². The van der Waals surface area contributed by atoms with E-state index < -0.39 is 5.82 Å². The first-order valence-corrected chi connectivity index (χ1v) is 12.3. The molecule has 0 radical (unpaired) electrons. The van der Waals surface area contributed by atoms with E-state index in [1.807, 2.05) is 33.8 Å². The van der Waals surface area contributed by atoms with Crippen molar-refractivity contribution in [3.05, 3.63) is 40.8 Å². The van der Waals surface area contributed by atoms with Gasteiger partial charge in [0.1, 0.15) is 11.5 Å². The Hall–Kier alpha value is -2.67. The van der Waals surface area contributed by atoms with Crippen LogP contribution in [0.5, 0.6) is 0 Å². The number of halogens is 1. The molecule has 0 unspecified atom stereocenters. The fraction of sp³-hybridized carbons (Fsp3) is 0.538. The van der Waals surface area contributed by atoms with Crippen LogP contribution < -0.4 is 5.32 Å². The molecule has 1 aromatic carbocycles. The molecule has 6 nitrogen and oxygen atoms in total. The number of aromatic amines is 2. The third-order valence-electron chi connectivity index (χ3n) is 6.26. The Kier molecular flexibility index (Phi) is 7.95. The Morgan fingerprint density at radius 2 is 1.79 bits per heavy atom. The molecular weight excluding hydrogens is 417 g/mol. The second kappa shape index (κ2) is 10.5. The Bertz CT molecular complexity index is 1090. The summed E-state index contributed by atoms with van der Waals surface area (Å²) in [7, 11) is 0. The highest BCUT2D eigenvalue weighted by Crippen LogP contribution is 2.38. The minimum absolute atomic E-state index is 0.124. The van der Waals surface area contributed by atoms with Crippen molar-refractivity contribution in [3.63, 3.8) is 0 Å². The van der Waals surface area contributed by atoms with Gasteiger partial charge in [-0.2, -0.15) is 5.10 Å². The minimum Gasteiger partial charge on any atom is -0.353 e. The van der Waals surface area contributed by atoms with Crippen molar-refractivity contribution in [1.82, 2.24) is 25.4 Å². The average Bonchev–Trinajstić information content (AvgIpc) is 3.43. The molecule has 1 saturated heterocycles. The molecule has 7 heteroatoms. The van der Waals surface area contributed by atoms with E-state index in [2.05, 4.69) is 34.3 Å². The van der Waals surface area contributed by atoms with E-state index in [9.17, 15) is 9.18 Å². The molecule has 1 amide bonds. The van der Waals surface area contributed by atoms with Crippen LogP contribution in [0.15, 0.2) is 18.2 Å². The van der Waals surface area contributed by atoms with Gasteiger partial charge in [-0.3, -0.25) is 9.89 Å². The van der Waals surface area contributed by atoms with Gasteiger partial charge < -0.3 is 15.2 Å². The summed E-state index contributed by atoms with van der Waals surface area (Å²) in [4.78, 5) is 17.8. The fourth-order valence-electron chi connectivity index (χ4n) is 4.55. The zero-order valence-corrected chi connectivity index (χ0v) is 20.9. The van der Waals surface area contributed by atoms with Crippen LogP contribution in [0.2, 0.25) is 0 Å². The number of amides is 1. The number of piperazine rings is 1. The van der Waals surface area contributed by atoms with Crippen molar-refractivity contribution in [3.8, 4) is 11.4 Å². The maximum atomic E-state index is 14.7. The number of nitrogens with one attached hydrogen (secondary N) is 3. The van der Waals surface area contributed by atoms with Gasteiger partial charge >= 0.3 is 0 Å². The minimum atomic E-state index is -0.475. The molecule has 0 saturated carbocycles. The zero-order chi connectivity index (χ0) is 24.2. The first-order chi connectivity index (χ1) is 15.9. The van der Waals surface area contributed by atoms with Crippen molar-refractivity contribution in [2.45, 2.75) is 60.8 Å². The third kappa shape index (κ3) is 5.13. The van der Waals surface area contributed by atoms with Gasteiger partial charge in [0.05, 0.1) is 11.3 Å². The van der Waals surface area contributed by atoms with Crippen LogP contribution in [-0.4, -0.2) is 52.2 Å². The van der Waals surface area contributed by atoms with E-state index in [1.165, 1.54) is 17.3 Å². The maximum absolute atomic E-state index is 14.7. The summed E-state index contributed by atoms with van der Waals surface area (Å²) in [5, 5.41) is 11.7. The number of carbonyl (C=O) groups is 1. The van der Waals surface area contributed by atoms with Crippen LogP contribution >= 0.6 is 0 Å². The average molecular weight is 456 g/mol. The SMILES string of the molecule is CC.CC.CC1(C)CCc2c(-c3cc4cc(F)c(C(=O)N5CCNCC5)cc4[nH]3)n[nH]c2C1. The number of nitrogens with zero attached hydrogens (tertiary/aromatic N) is 2. The highest BCUT2D eigenvalue weighted by atomic mass is 19.1. The lowest BCUT2D eigenvalue weighted by atomic mass is 9.76. The molecule has 2 aromatic heterocycles. The summed E-state index contributed by atoms with van der Waals surface area (Å²) < 4.78 is 14.7. The molecular formula is C26H38FN5O. The topological polar surface area (TPSA) is 76.8 Å². The first kappa shape index (κ1) is 25.0. The van der Waals surface area contributed by atoms with Crippen molar-refractivity contribution < 1.29 is 9.18 Å². The Labute approximate surface area is 196 Å². The van der Waals surface area contributed by atoms with Crippen LogP contribution in [0.25, 0.3) is 22.3 Å². The number of carbonyl (C=O) groups excluding carboxylic acids is 1.